The van der Waals surface area contributed by atoms with Gasteiger partial charge in [-0.25, -0.2) is 0 Å². The molecule has 148 valence electrons. The van der Waals surface area contributed by atoms with Crippen molar-refractivity contribution in [1.29, 1.82) is 0 Å². The lowest BCUT2D eigenvalue weighted by molar-refractivity contribution is -0.139. The van der Waals surface area contributed by atoms with Crippen LogP contribution < -0.4 is 20.1 Å². The molecule has 2 aliphatic heterocycles. The maximum absolute atomic E-state index is 12.1. The molecule has 1 atom stereocenters. The standard InChI is InChI=1S/C18H25N3O6/c1-24-7-4-19-17(22)18(23)20-11-14(21-5-8-25-9-6-21)13-2-3-15-16(10-13)27-12-26-15/h2-3,10,14H,4-9,11-12H2,1H3,(H,19,22)(H,20,23). The Hall–Kier alpha value is -2.36. The van der Waals surface area contributed by atoms with Crippen LogP contribution in [0.4, 0.5) is 0 Å². The molecule has 2 aliphatic rings. The van der Waals surface area contributed by atoms with Crippen molar-refractivity contribution in [3.05, 3.63) is 23.8 Å². The van der Waals surface area contributed by atoms with E-state index in [1.165, 1.54) is 7.11 Å². The van der Waals surface area contributed by atoms with Crippen molar-refractivity contribution >= 4 is 11.8 Å². The Balaban J connectivity index is 1.65. The smallest absolute Gasteiger partial charge is 0.309 e. The average Bonchev–Trinajstić information content (AvgIpc) is 3.17. The van der Waals surface area contributed by atoms with Gasteiger partial charge in [0.15, 0.2) is 11.5 Å². The molecule has 0 aromatic heterocycles. The molecule has 0 saturated carbocycles. The summed E-state index contributed by atoms with van der Waals surface area (Å²) in [6.07, 6.45) is 0. The Kier molecular flexibility index (Phi) is 6.86. The number of benzene rings is 1. The lowest BCUT2D eigenvalue weighted by Gasteiger charge is -2.34. The van der Waals surface area contributed by atoms with E-state index in [-0.39, 0.29) is 19.4 Å². The fraction of sp³-hybridized carbons (Fsp3) is 0.556. The molecule has 1 aromatic carbocycles. The second-order valence-electron chi connectivity index (χ2n) is 6.24. The summed E-state index contributed by atoms with van der Waals surface area (Å²) < 4.78 is 21.1. The number of morpholine rings is 1. The van der Waals surface area contributed by atoms with Crippen molar-refractivity contribution in [3.8, 4) is 11.5 Å². The normalized spacial score (nSPS) is 17.4. The zero-order valence-electron chi connectivity index (χ0n) is 15.4. The van der Waals surface area contributed by atoms with Gasteiger partial charge >= 0.3 is 11.8 Å². The molecule has 9 nitrogen and oxygen atoms in total. The number of ether oxygens (including phenoxy) is 4. The predicted octanol–water partition coefficient (Wildman–Crippen LogP) is -0.333. The first-order valence-electron chi connectivity index (χ1n) is 8.95. The summed E-state index contributed by atoms with van der Waals surface area (Å²) in [6.45, 7) is 3.91. The second-order valence-corrected chi connectivity index (χ2v) is 6.24. The molecule has 1 unspecified atom stereocenters. The molecule has 1 aromatic rings. The molecule has 27 heavy (non-hydrogen) atoms. The molecular weight excluding hydrogens is 354 g/mol. The molecule has 9 heteroatoms. The predicted molar refractivity (Wildman–Crippen MR) is 95.6 cm³/mol. The minimum Gasteiger partial charge on any atom is -0.454 e. The minimum absolute atomic E-state index is 0.0980. The van der Waals surface area contributed by atoms with Gasteiger partial charge in [0.25, 0.3) is 0 Å². The van der Waals surface area contributed by atoms with Crippen LogP contribution in [0.2, 0.25) is 0 Å². The zero-order valence-corrected chi connectivity index (χ0v) is 15.4. The summed E-state index contributed by atoms with van der Waals surface area (Å²) >= 11 is 0. The number of fused-ring (bicyclic) bond motifs is 1. The van der Waals surface area contributed by atoms with Gasteiger partial charge in [-0.05, 0) is 17.7 Å². The highest BCUT2D eigenvalue weighted by molar-refractivity contribution is 6.35. The number of rotatable bonds is 7. The zero-order chi connectivity index (χ0) is 19.1. The number of carbonyl (C=O) groups excluding carboxylic acids is 2. The third-order valence-corrected chi connectivity index (χ3v) is 4.52. The molecule has 2 N–H and O–H groups in total. The van der Waals surface area contributed by atoms with Crippen molar-refractivity contribution in [2.24, 2.45) is 0 Å². The van der Waals surface area contributed by atoms with Crippen molar-refractivity contribution in [2.45, 2.75) is 6.04 Å². The molecule has 3 rings (SSSR count). The topological polar surface area (TPSA) is 98.4 Å². The fourth-order valence-electron chi connectivity index (χ4n) is 3.08. The van der Waals surface area contributed by atoms with Crippen molar-refractivity contribution in [3.63, 3.8) is 0 Å². The van der Waals surface area contributed by atoms with Crippen LogP contribution in [0, 0.1) is 0 Å². The lowest BCUT2D eigenvalue weighted by Crippen LogP contribution is -2.47. The summed E-state index contributed by atoms with van der Waals surface area (Å²) in [5, 5.41) is 5.24. The van der Waals surface area contributed by atoms with Crippen molar-refractivity contribution < 1.29 is 28.5 Å². The molecule has 1 saturated heterocycles. The lowest BCUT2D eigenvalue weighted by atomic mass is 10.0. The average molecular weight is 379 g/mol. The van der Waals surface area contributed by atoms with E-state index in [4.69, 9.17) is 18.9 Å². The van der Waals surface area contributed by atoms with Crippen LogP contribution in [0.15, 0.2) is 18.2 Å². The number of carbonyl (C=O) groups is 2. The first-order valence-corrected chi connectivity index (χ1v) is 8.95. The molecule has 2 heterocycles. The Morgan fingerprint density at radius 2 is 1.89 bits per heavy atom. The van der Waals surface area contributed by atoms with Gasteiger partial charge in [0.1, 0.15) is 0 Å². The molecule has 0 aliphatic carbocycles. The van der Waals surface area contributed by atoms with E-state index in [0.29, 0.717) is 37.9 Å². The Bertz CT molecular complexity index is 662. The first kappa shape index (κ1) is 19.4. The van der Waals surface area contributed by atoms with Gasteiger partial charge in [0.05, 0.1) is 25.9 Å². The number of methoxy groups -OCH3 is 1. The van der Waals surface area contributed by atoms with E-state index in [0.717, 1.165) is 18.7 Å². The monoisotopic (exact) mass is 379 g/mol. The summed E-state index contributed by atoms with van der Waals surface area (Å²) in [4.78, 5) is 26.2. The fourth-order valence-corrected chi connectivity index (χ4v) is 3.08. The van der Waals surface area contributed by atoms with Crippen LogP contribution in [0.1, 0.15) is 11.6 Å². The highest BCUT2D eigenvalue weighted by Gasteiger charge is 2.26. The molecular formula is C18H25N3O6. The van der Waals surface area contributed by atoms with Gasteiger partial charge in [-0.15, -0.1) is 0 Å². The van der Waals surface area contributed by atoms with E-state index in [9.17, 15) is 9.59 Å². The van der Waals surface area contributed by atoms with Gasteiger partial charge in [0.2, 0.25) is 6.79 Å². The third-order valence-electron chi connectivity index (χ3n) is 4.52. The van der Waals surface area contributed by atoms with E-state index in [1.807, 2.05) is 18.2 Å². The van der Waals surface area contributed by atoms with Crippen LogP contribution in [0.25, 0.3) is 0 Å². The Labute approximate surface area is 157 Å². The number of amides is 2. The van der Waals surface area contributed by atoms with Crippen LogP contribution in [0.5, 0.6) is 11.5 Å². The van der Waals surface area contributed by atoms with Gasteiger partial charge in [-0.3, -0.25) is 14.5 Å². The number of nitrogens with zero attached hydrogens (tertiary/aromatic N) is 1. The van der Waals surface area contributed by atoms with E-state index in [1.54, 1.807) is 0 Å². The van der Waals surface area contributed by atoms with Gasteiger partial charge < -0.3 is 29.6 Å². The van der Waals surface area contributed by atoms with E-state index in [2.05, 4.69) is 15.5 Å². The summed E-state index contributed by atoms with van der Waals surface area (Å²) in [7, 11) is 1.53. The van der Waals surface area contributed by atoms with Crippen molar-refractivity contribution in [2.75, 3.05) is 59.9 Å². The molecule has 0 spiro atoms. The quantitative estimate of drug-likeness (QED) is 0.494. The summed E-state index contributed by atoms with van der Waals surface area (Å²) in [6, 6.07) is 5.65. The second kappa shape index (κ2) is 9.54. The van der Waals surface area contributed by atoms with Crippen LogP contribution in [0.3, 0.4) is 0 Å². The number of hydrogen-bond donors (Lipinski definition) is 2. The van der Waals surface area contributed by atoms with Gasteiger partial charge in [-0.2, -0.15) is 0 Å². The first-order chi connectivity index (χ1) is 13.2. The van der Waals surface area contributed by atoms with Crippen molar-refractivity contribution in [1.82, 2.24) is 15.5 Å². The largest absolute Gasteiger partial charge is 0.454 e. The van der Waals surface area contributed by atoms with Gasteiger partial charge in [-0.1, -0.05) is 6.07 Å². The maximum atomic E-state index is 12.1. The highest BCUT2D eigenvalue weighted by atomic mass is 16.7. The third kappa shape index (κ3) is 5.09. The Morgan fingerprint density at radius 3 is 2.67 bits per heavy atom. The summed E-state index contributed by atoms with van der Waals surface area (Å²) in [5.74, 6) is 0.0685. The van der Waals surface area contributed by atoms with Crippen LogP contribution in [-0.4, -0.2) is 76.6 Å². The molecule has 0 bridgehead atoms. The van der Waals surface area contributed by atoms with Crippen LogP contribution >= 0.6 is 0 Å². The number of hydrogen-bond acceptors (Lipinski definition) is 7. The SMILES string of the molecule is COCCNC(=O)C(=O)NCC(c1ccc2c(c1)OCO2)N1CCOCC1. The minimum atomic E-state index is -0.668. The summed E-state index contributed by atoms with van der Waals surface area (Å²) in [5.41, 5.74) is 0.987. The van der Waals surface area contributed by atoms with E-state index < -0.39 is 11.8 Å². The maximum Gasteiger partial charge on any atom is 0.309 e. The van der Waals surface area contributed by atoms with E-state index >= 15 is 0 Å². The molecule has 0 radical (unpaired) electrons. The molecule has 1 fully saturated rings. The molecule has 2 amide bonds. The van der Waals surface area contributed by atoms with Gasteiger partial charge in [0, 0.05) is 33.3 Å². The Morgan fingerprint density at radius 1 is 1.15 bits per heavy atom. The highest BCUT2D eigenvalue weighted by Crippen LogP contribution is 2.35. The number of nitrogens with one attached hydrogen (secondary N) is 2. The van der Waals surface area contributed by atoms with Crippen LogP contribution in [-0.2, 0) is 19.1 Å².